The van der Waals surface area contributed by atoms with Crippen molar-refractivity contribution in [2.24, 2.45) is 0 Å². The van der Waals surface area contributed by atoms with Crippen LogP contribution in [0.4, 0.5) is 4.79 Å². The van der Waals surface area contributed by atoms with Crippen molar-refractivity contribution >= 4 is 35.0 Å². The van der Waals surface area contributed by atoms with E-state index in [9.17, 15) is 19.5 Å². The highest BCUT2D eigenvalue weighted by molar-refractivity contribution is 8.18. The molecule has 0 atom stereocenters. The first kappa shape index (κ1) is 17.1. The number of amides is 2. The summed E-state index contributed by atoms with van der Waals surface area (Å²) < 4.78 is 5.12. The van der Waals surface area contributed by atoms with Crippen molar-refractivity contribution in [2.45, 2.75) is 26.4 Å². The van der Waals surface area contributed by atoms with E-state index in [1.165, 1.54) is 12.1 Å². The molecule has 1 aromatic rings. The minimum Gasteiger partial charge on any atom is -0.508 e. The van der Waals surface area contributed by atoms with Crippen LogP contribution in [0.3, 0.4) is 0 Å². The van der Waals surface area contributed by atoms with E-state index >= 15 is 0 Å². The lowest BCUT2D eigenvalue weighted by molar-refractivity contribution is -0.156. The highest BCUT2D eigenvalue weighted by atomic mass is 32.2. The lowest BCUT2D eigenvalue weighted by Gasteiger charge is -2.21. The van der Waals surface area contributed by atoms with Gasteiger partial charge in [-0.15, -0.1) is 0 Å². The molecule has 0 aromatic heterocycles. The molecule has 23 heavy (non-hydrogen) atoms. The number of thioether (sulfide) groups is 1. The van der Waals surface area contributed by atoms with Crippen molar-refractivity contribution in [2.75, 3.05) is 6.54 Å². The number of rotatable bonds is 3. The number of aromatic hydroxyl groups is 1. The van der Waals surface area contributed by atoms with Crippen LogP contribution < -0.4 is 0 Å². The molecule has 0 saturated carbocycles. The molecule has 0 bridgehead atoms. The second kappa shape index (κ2) is 6.45. The second-order valence-electron chi connectivity index (χ2n) is 5.95. The summed E-state index contributed by atoms with van der Waals surface area (Å²) >= 11 is 0.769. The predicted molar refractivity (Wildman–Crippen MR) is 86.6 cm³/mol. The number of hydrogen-bond donors (Lipinski definition) is 1. The van der Waals surface area contributed by atoms with Gasteiger partial charge in [0, 0.05) is 0 Å². The van der Waals surface area contributed by atoms with Gasteiger partial charge in [0.05, 0.1) is 4.91 Å². The van der Waals surface area contributed by atoms with Crippen LogP contribution in [-0.2, 0) is 14.3 Å². The van der Waals surface area contributed by atoms with E-state index in [4.69, 9.17) is 4.74 Å². The van der Waals surface area contributed by atoms with Gasteiger partial charge in [-0.1, -0.05) is 12.1 Å². The fourth-order valence-corrected chi connectivity index (χ4v) is 2.70. The van der Waals surface area contributed by atoms with Crippen LogP contribution in [0.5, 0.6) is 5.75 Å². The summed E-state index contributed by atoms with van der Waals surface area (Å²) in [4.78, 5) is 37.0. The normalized spacial score (nSPS) is 17.0. The maximum atomic E-state index is 12.2. The van der Waals surface area contributed by atoms with Gasteiger partial charge in [0.25, 0.3) is 11.1 Å². The number of hydrogen-bond acceptors (Lipinski definition) is 6. The molecule has 1 aromatic carbocycles. The Kier molecular flexibility index (Phi) is 4.79. The number of esters is 1. The number of carbonyl (C=O) groups excluding carboxylic acids is 3. The molecule has 0 aliphatic carbocycles. The third kappa shape index (κ3) is 4.59. The van der Waals surface area contributed by atoms with Gasteiger partial charge >= 0.3 is 5.97 Å². The number of carbonyl (C=O) groups is 3. The number of nitrogens with zero attached hydrogens (tertiary/aromatic N) is 1. The zero-order valence-corrected chi connectivity index (χ0v) is 13.8. The van der Waals surface area contributed by atoms with E-state index in [2.05, 4.69) is 0 Å². The number of ether oxygens (including phenoxy) is 1. The maximum Gasteiger partial charge on any atom is 0.326 e. The minimum atomic E-state index is -0.680. The largest absolute Gasteiger partial charge is 0.508 e. The fourth-order valence-electron chi connectivity index (χ4n) is 1.86. The van der Waals surface area contributed by atoms with Crippen LogP contribution in [-0.4, -0.2) is 39.3 Å². The van der Waals surface area contributed by atoms with E-state index in [0.717, 1.165) is 16.7 Å². The third-order valence-corrected chi connectivity index (χ3v) is 3.68. The number of phenolic OH excluding ortho intramolecular Hbond substituents is 1. The average molecular weight is 335 g/mol. The molecular formula is C16H17NO5S. The first-order valence-electron chi connectivity index (χ1n) is 6.92. The lowest BCUT2D eigenvalue weighted by atomic mass is 10.2. The molecule has 1 aliphatic heterocycles. The van der Waals surface area contributed by atoms with Gasteiger partial charge < -0.3 is 9.84 Å². The van der Waals surface area contributed by atoms with E-state index in [0.29, 0.717) is 5.56 Å². The Bertz CT molecular complexity index is 673. The van der Waals surface area contributed by atoms with Crippen LogP contribution in [0, 0.1) is 0 Å². The van der Waals surface area contributed by atoms with Crippen molar-refractivity contribution in [1.82, 2.24) is 4.90 Å². The molecule has 1 aliphatic rings. The molecule has 1 fully saturated rings. The molecular weight excluding hydrogens is 318 g/mol. The van der Waals surface area contributed by atoms with E-state index in [1.54, 1.807) is 39.0 Å². The first-order chi connectivity index (χ1) is 10.7. The molecule has 0 radical (unpaired) electrons. The van der Waals surface area contributed by atoms with Crippen LogP contribution in [0.1, 0.15) is 26.3 Å². The lowest BCUT2D eigenvalue weighted by Crippen LogP contribution is -2.37. The Morgan fingerprint density at radius 2 is 1.87 bits per heavy atom. The van der Waals surface area contributed by atoms with Crippen LogP contribution in [0.2, 0.25) is 0 Å². The summed E-state index contributed by atoms with van der Waals surface area (Å²) in [6.07, 6.45) is 1.54. The highest BCUT2D eigenvalue weighted by Gasteiger charge is 2.37. The van der Waals surface area contributed by atoms with E-state index < -0.39 is 29.3 Å². The SMILES string of the molecule is CC(C)(C)OC(=O)CN1C(=O)S/C(=C/c2ccc(O)cc2)C1=O. The quantitative estimate of drug-likeness (QED) is 0.675. The molecule has 1 saturated heterocycles. The van der Waals surface area contributed by atoms with Gasteiger partial charge in [0.2, 0.25) is 0 Å². The topological polar surface area (TPSA) is 83.9 Å². The average Bonchev–Trinajstić information content (AvgIpc) is 2.67. The third-order valence-electron chi connectivity index (χ3n) is 2.77. The van der Waals surface area contributed by atoms with Crippen LogP contribution >= 0.6 is 11.8 Å². The molecule has 6 nitrogen and oxygen atoms in total. The van der Waals surface area contributed by atoms with Crippen molar-refractivity contribution in [3.8, 4) is 5.75 Å². The standard InChI is InChI=1S/C16H17NO5S/c1-16(2,3)22-13(19)9-17-14(20)12(23-15(17)21)8-10-4-6-11(18)7-5-10/h4-8,18H,9H2,1-3H3/b12-8+. The zero-order valence-electron chi connectivity index (χ0n) is 13.0. The second-order valence-corrected chi connectivity index (χ2v) is 6.94. The molecule has 2 amide bonds. The number of phenols is 1. The highest BCUT2D eigenvalue weighted by Crippen LogP contribution is 2.32. The van der Waals surface area contributed by atoms with Gasteiger partial charge in [0.15, 0.2) is 0 Å². The van der Waals surface area contributed by atoms with Gasteiger partial charge in [-0.05, 0) is 56.3 Å². The van der Waals surface area contributed by atoms with Crippen LogP contribution in [0.15, 0.2) is 29.2 Å². The number of benzene rings is 1. The van der Waals surface area contributed by atoms with Crippen molar-refractivity contribution in [3.63, 3.8) is 0 Å². The van der Waals surface area contributed by atoms with Crippen molar-refractivity contribution in [3.05, 3.63) is 34.7 Å². The van der Waals surface area contributed by atoms with Gasteiger partial charge in [0.1, 0.15) is 17.9 Å². The summed E-state index contributed by atoms with van der Waals surface area (Å²) in [6, 6.07) is 6.21. The zero-order chi connectivity index (χ0) is 17.2. The van der Waals surface area contributed by atoms with Gasteiger partial charge in [-0.25, -0.2) is 0 Å². The van der Waals surface area contributed by atoms with Gasteiger partial charge in [-0.2, -0.15) is 0 Å². The minimum absolute atomic E-state index is 0.111. The smallest absolute Gasteiger partial charge is 0.326 e. The Hall–Kier alpha value is -2.28. The Labute approximate surface area is 138 Å². The fraction of sp³-hybridized carbons (Fsp3) is 0.312. The molecule has 1 heterocycles. The van der Waals surface area contributed by atoms with Gasteiger partial charge in [-0.3, -0.25) is 19.3 Å². The Balaban J connectivity index is 2.10. The Morgan fingerprint density at radius 3 is 2.43 bits per heavy atom. The molecule has 0 spiro atoms. The van der Waals surface area contributed by atoms with Crippen LogP contribution in [0.25, 0.3) is 6.08 Å². The van der Waals surface area contributed by atoms with Crippen molar-refractivity contribution < 1.29 is 24.2 Å². The van der Waals surface area contributed by atoms with E-state index in [-0.39, 0.29) is 10.7 Å². The van der Waals surface area contributed by atoms with Crippen molar-refractivity contribution in [1.29, 1.82) is 0 Å². The summed E-state index contributed by atoms with van der Waals surface area (Å²) in [5.74, 6) is -1.05. The number of imide groups is 1. The summed E-state index contributed by atoms with van der Waals surface area (Å²) in [7, 11) is 0. The summed E-state index contributed by atoms with van der Waals surface area (Å²) in [6.45, 7) is 4.73. The maximum absolute atomic E-state index is 12.2. The Morgan fingerprint density at radius 1 is 1.26 bits per heavy atom. The first-order valence-corrected chi connectivity index (χ1v) is 7.73. The van der Waals surface area contributed by atoms with E-state index in [1.807, 2.05) is 0 Å². The monoisotopic (exact) mass is 335 g/mol. The molecule has 2 rings (SSSR count). The molecule has 1 N–H and O–H groups in total. The molecule has 122 valence electrons. The summed E-state index contributed by atoms with van der Waals surface area (Å²) in [5, 5.41) is 8.73. The summed E-state index contributed by atoms with van der Waals surface area (Å²) in [5.41, 5.74) is -0.00798. The molecule has 7 heteroatoms. The predicted octanol–water partition coefficient (Wildman–Crippen LogP) is 2.77. The molecule has 0 unspecified atom stereocenters.